The lowest BCUT2D eigenvalue weighted by Crippen LogP contribution is -2.42. The molecule has 0 unspecified atom stereocenters. The summed E-state index contributed by atoms with van der Waals surface area (Å²) in [5.41, 5.74) is 0.407. The molecule has 0 aliphatic carbocycles. The lowest BCUT2D eigenvalue weighted by molar-refractivity contribution is -0.869. The SMILES string of the molecule is CN1C=CC=C/C1=C(\N=O)C(=O)NCC[N+](C)(C)C. The molecule has 19 heavy (non-hydrogen) atoms. The summed E-state index contributed by atoms with van der Waals surface area (Å²) in [6.07, 6.45) is 7.04. The van der Waals surface area contributed by atoms with E-state index in [1.165, 1.54) is 0 Å². The summed E-state index contributed by atoms with van der Waals surface area (Å²) >= 11 is 0. The standard InChI is InChI=1S/C13H20N4O2/c1-16-9-6-5-7-11(16)12(15-19)13(18)14-8-10-17(2,3)4/h5-7,9H,8,10H2,1-4H3/p+1/b12-11+. The average molecular weight is 265 g/mol. The van der Waals surface area contributed by atoms with Gasteiger partial charge in [-0.05, 0) is 17.3 Å². The zero-order valence-corrected chi connectivity index (χ0v) is 11.9. The predicted molar refractivity (Wildman–Crippen MR) is 74.8 cm³/mol. The van der Waals surface area contributed by atoms with Crippen LogP contribution in [0, 0.1) is 4.91 Å². The molecule has 0 fully saturated rings. The zero-order valence-electron chi connectivity index (χ0n) is 11.9. The number of rotatable bonds is 5. The first kappa shape index (κ1) is 15.1. The number of carbonyl (C=O) groups is 1. The van der Waals surface area contributed by atoms with Crippen molar-refractivity contribution in [1.82, 2.24) is 10.2 Å². The number of likely N-dealkylation sites (N-methyl/N-ethyl adjacent to an activating group) is 2. The van der Waals surface area contributed by atoms with Crippen molar-refractivity contribution in [2.75, 3.05) is 41.3 Å². The van der Waals surface area contributed by atoms with Crippen LogP contribution in [0.1, 0.15) is 0 Å². The molecule has 0 radical (unpaired) electrons. The van der Waals surface area contributed by atoms with Gasteiger partial charge in [0.25, 0.3) is 5.91 Å². The molecule has 1 N–H and O–H groups in total. The van der Waals surface area contributed by atoms with Crippen LogP contribution in [0.5, 0.6) is 0 Å². The monoisotopic (exact) mass is 265 g/mol. The highest BCUT2D eigenvalue weighted by atomic mass is 16.3. The summed E-state index contributed by atoms with van der Waals surface area (Å²) < 4.78 is 0.739. The Bertz CT molecular complexity index is 444. The van der Waals surface area contributed by atoms with Crippen LogP contribution >= 0.6 is 0 Å². The molecule has 1 heterocycles. The van der Waals surface area contributed by atoms with Crippen molar-refractivity contribution in [3.63, 3.8) is 0 Å². The molecule has 0 bridgehead atoms. The quantitative estimate of drug-likeness (QED) is 0.454. The van der Waals surface area contributed by atoms with Crippen molar-refractivity contribution >= 4 is 5.91 Å². The molecule has 0 aromatic carbocycles. The minimum atomic E-state index is -0.440. The van der Waals surface area contributed by atoms with Gasteiger partial charge in [-0.25, -0.2) is 0 Å². The van der Waals surface area contributed by atoms with Gasteiger partial charge in [-0.1, -0.05) is 6.08 Å². The maximum absolute atomic E-state index is 12.0. The van der Waals surface area contributed by atoms with Crippen molar-refractivity contribution in [2.24, 2.45) is 5.18 Å². The zero-order chi connectivity index (χ0) is 14.5. The van der Waals surface area contributed by atoms with Crippen LogP contribution < -0.4 is 5.32 Å². The summed E-state index contributed by atoms with van der Waals surface area (Å²) in [5, 5.41) is 5.58. The number of nitrogens with zero attached hydrogens (tertiary/aromatic N) is 3. The highest BCUT2D eigenvalue weighted by Gasteiger charge is 2.18. The van der Waals surface area contributed by atoms with E-state index in [1.54, 1.807) is 30.3 Å². The molecular weight excluding hydrogens is 244 g/mol. The highest BCUT2D eigenvalue weighted by molar-refractivity contribution is 5.94. The Morgan fingerprint density at radius 1 is 1.37 bits per heavy atom. The van der Waals surface area contributed by atoms with Gasteiger partial charge in [0.2, 0.25) is 0 Å². The third-order valence-electron chi connectivity index (χ3n) is 2.67. The van der Waals surface area contributed by atoms with Crippen molar-refractivity contribution < 1.29 is 9.28 Å². The Balaban J connectivity index is 2.73. The summed E-state index contributed by atoms with van der Waals surface area (Å²) in [5.74, 6) is -0.440. The first-order chi connectivity index (χ1) is 8.85. The lowest BCUT2D eigenvalue weighted by Gasteiger charge is -2.24. The molecule has 0 spiro atoms. The van der Waals surface area contributed by atoms with E-state index in [-0.39, 0.29) is 5.70 Å². The molecule has 0 saturated heterocycles. The van der Waals surface area contributed by atoms with Crippen LogP contribution in [0.25, 0.3) is 0 Å². The highest BCUT2D eigenvalue weighted by Crippen LogP contribution is 2.15. The van der Waals surface area contributed by atoms with Crippen molar-refractivity contribution in [1.29, 1.82) is 0 Å². The second kappa shape index (κ2) is 6.29. The number of carbonyl (C=O) groups excluding carboxylic acids is 1. The first-order valence-electron chi connectivity index (χ1n) is 6.09. The van der Waals surface area contributed by atoms with Crippen LogP contribution in [-0.2, 0) is 4.79 Å². The Hall–Kier alpha value is -1.95. The van der Waals surface area contributed by atoms with Crippen LogP contribution in [0.3, 0.4) is 0 Å². The molecule has 6 nitrogen and oxygen atoms in total. The Morgan fingerprint density at radius 2 is 2.05 bits per heavy atom. The van der Waals surface area contributed by atoms with E-state index in [9.17, 15) is 9.70 Å². The second-order valence-electron chi connectivity index (χ2n) is 5.41. The van der Waals surface area contributed by atoms with Gasteiger partial charge in [0, 0.05) is 13.2 Å². The number of hydrogen-bond donors (Lipinski definition) is 1. The molecular formula is C13H21N4O2+. The molecule has 104 valence electrons. The summed E-state index contributed by atoms with van der Waals surface area (Å²) in [6.45, 7) is 1.27. The van der Waals surface area contributed by atoms with E-state index < -0.39 is 5.91 Å². The van der Waals surface area contributed by atoms with Crippen LogP contribution in [-0.4, -0.2) is 56.6 Å². The fourth-order valence-electron chi connectivity index (χ4n) is 1.56. The minimum Gasteiger partial charge on any atom is -0.349 e. The third-order valence-corrected chi connectivity index (χ3v) is 2.67. The molecule has 0 atom stereocenters. The number of hydrogen-bond acceptors (Lipinski definition) is 4. The molecule has 1 aliphatic heterocycles. The Kier molecular flexibility index (Phi) is 5.00. The Labute approximate surface area is 113 Å². The fourth-order valence-corrected chi connectivity index (χ4v) is 1.56. The number of nitrogens with one attached hydrogen (secondary N) is 1. The van der Waals surface area contributed by atoms with Gasteiger partial charge in [-0.15, -0.1) is 4.91 Å². The average Bonchev–Trinajstić information content (AvgIpc) is 2.31. The number of allylic oxidation sites excluding steroid dienone is 3. The van der Waals surface area contributed by atoms with Gasteiger partial charge >= 0.3 is 0 Å². The normalized spacial score (nSPS) is 17.4. The van der Waals surface area contributed by atoms with Crippen molar-refractivity contribution in [3.05, 3.63) is 40.7 Å². The molecule has 6 heteroatoms. The van der Waals surface area contributed by atoms with E-state index in [2.05, 4.69) is 10.5 Å². The van der Waals surface area contributed by atoms with E-state index in [0.29, 0.717) is 12.2 Å². The van der Waals surface area contributed by atoms with Gasteiger partial charge in [0.15, 0.2) is 5.70 Å². The number of amides is 1. The van der Waals surface area contributed by atoms with Crippen LogP contribution in [0.15, 0.2) is 41.0 Å². The van der Waals surface area contributed by atoms with Gasteiger partial charge in [-0.2, -0.15) is 0 Å². The molecule has 1 rings (SSSR count). The molecule has 0 aromatic heterocycles. The molecule has 1 aliphatic rings. The predicted octanol–water partition coefficient (Wildman–Crippen LogP) is 0.802. The fraction of sp³-hybridized carbons (Fsp3) is 0.462. The third kappa shape index (κ3) is 4.67. The first-order valence-corrected chi connectivity index (χ1v) is 6.09. The second-order valence-corrected chi connectivity index (χ2v) is 5.41. The van der Waals surface area contributed by atoms with Gasteiger partial charge < -0.3 is 14.7 Å². The minimum absolute atomic E-state index is 0.0930. The van der Waals surface area contributed by atoms with Crippen LogP contribution in [0.2, 0.25) is 0 Å². The molecule has 1 amide bonds. The van der Waals surface area contributed by atoms with E-state index in [4.69, 9.17) is 0 Å². The van der Waals surface area contributed by atoms with Gasteiger partial charge in [-0.3, -0.25) is 4.79 Å². The van der Waals surface area contributed by atoms with E-state index in [1.807, 2.05) is 27.2 Å². The maximum Gasteiger partial charge on any atom is 0.275 e. The largest absolute Gasteiger partial charge is 0.349 e. The smallest absolute Gasteiger partial charge is 0.275 e. The maximum atomic E-state index is 12.0. The lowest BCUT2D eigenvalue weighted by atomic mass is 10.2. The van der Waals surface area contributed by atoms with Crippen molar-refractivity contribution in [3.8, 4) is 0 Å². The summed E-state index contributed by atoms with van der Waals surface area (Å²) in [7, 11) is 7.86. The van der Waals surface area contributed by atoms with Gasteiger partial charge in [0.05, 0.1) is 39.9 Å². The van der Waals surface area contributed by atoms with Crippen LogP contribution in [0.4, 0.5) is 0 Å². The van der Waals surface area contributed by atoms with Gasteiger partial charge in [0.1, 0.15) is 0 Å². The molecule has 0 saturated carbocycles. The topological polar surface area (TPSA) is 61.8 Å². The number of nitroso groups, excluding NO2 is 1. The Morgan fingerprint density at radius 3 is 2.58 bits per heavy atom. The molecule has 0 aromatic rings. The number of quaternary nitrogens is 1. The van der Waals surface area contributed by atoms with E-state index >= 15 is 0 Å². The summed E-state index contributed by atoms with van der Waals surface area (Å²) in [6, 6.07) is 0. The summed E-state index contributed by atoms with van der Waals surface area (Å²) in [4.78, 5) is 24.5. The van der Waals surface area contributed by atoms with Crippen molar-refractivity contribution in [2.45, 2.75) is 0 Å². The van der Waals surface area contributed by atoms with E-state index in [0.717, 1.165) is 11.0 Å².